The van der Waals surface area contributed by atoms with Crippen LogP contribution in [0, 0.1) is 5.82 Å². The van der Waals surface area contributed by atoms with Gasteiger partial charge in [-0.05, 0) is 36.6 Å². The molecule has 1 unspecified atom stereocenters. The second kappa shape index (κ2) is 8.48. The summed E-state index contributed by atoms with van der Waals surface area (Å²) in [4.78, 5) is 36.8. The fraction of sp³-hybridized carbons (Fsp3) is 0.333. The zero-order valence-corrected chi connectivity index (χ0v) is 16.3. The van der Waals surface area contributed by atoms with Crippen molar-refractivity contribution in [2.45, 2.75) is 44.9 Å². The van der Waals surface area contributed by atoms with E-state index in [0.29, 0.717) is 31.6 Å². The number of halogens is 1. The molecule has 8 nitrogen and oxygen atoms in total. The molecule has 3 aromatic rings. The predicted octanol–water partition coefficient (Wildman–Crippen LogP) is 0.915. The SMILES string of the molecule is O=C(Cn1ccccc1=O)NC1CCc2nn(Cc3ccc(F)cc3)c(=O)n2CC1. The number of nitrogens with zero attached hydrogens (tertiary/aromatic N) is 4. The Morgan fingerprint density at radius 2 is 1.93 bits per heavy atom. The molecule has 0 spiro atoms. The summed E-state index contributed by atoms with van der Waals surface area (Å²) in [6.45, 7) is 0.699. The normalized spacial score (nSPS) is 16.0. The van der Waals surface area contributed by atoms with Crippen LogP contribution in [-0.4, -0.2) is 30.9 Å². The third kappa shape index (κ3) is 4.40. The van der Waals surface area contributed by atoms with E-state index in [-0.39, 0.29) is 42.1 Å². The van der Waals surface area contributed by atoms with Gasteiger partial charge in [-0.25, -0.2) is 13.9 Å². The van der Waals surface area contributed by atoms with Gasteiger partial charge in [-0.15, -0.1) is 0 Å². The Morgan fingerprint density at radius 3 is 2.70 bits per heavy atom. The van der Waals surface area contributed by atoms with E-state index in [9.17, 15) is 18.8 Å². The molecular formula is C21H22FN5O3. The maximum atomic E-state index is 13.1. The van der Waals surface area contributed by atoms with E-state index in [1.807, 2.05) is 0 Å². The van der Waals surface area contributed by atoms with Crippen molar-refractivity contribution < 1.29 is 9.18 Å². The van der Waals surface area contributed by atoms with Crippen LogP contribution in [-0.2, 0) is 30.8 Å². The van der Waals surface area contributed by atoms with Crippen molar-refractivity contribution in [1.29, 1.82) is 0 Å². The second-order valence-corrected chi connectivity index (χ2v) is 7.39. The van der Waals surface area contributed by atoms with Gasteiger partial charge in [0.1, 0.15) is 18.2 Å². The Labute approximate surface area is 171 Å². The molecule has 1 atom stereocenters. The van der Waals surface area contributed by atoms with Gasteiger partial charge < -0.3 is 9.88 Å². The van der Waals surface area contributed by atoms with E-state index in [4.69, 9.17) is 0 Å². The molecule has 1 N–H and O–H groups in total. The smallest absolute Gasteiger partial charge is 0.346 e. The number of amides is 1. The van der Waals surface area contributed by atoms with Crippen LogP contribution in [0.4, 0.5) is 4.39 Å². The van der Waals surface area contributed by atoms with Crippen LogP contribution in [0.15, 0.2) is 58.3 Å². The Kier molecular flexibility index (Phi) is 5.60. The molecule has 0 saturated carbocycles. The molecule has 0 bridgehead atoms. The molecule has 4 rings (SSSR count). The Balaban J connectivity index is 1.39. The summed E-state index contributed by atoms with van der Waals surface area (Å²) in [7, 11) is 0. The first-order chi connectivity index (χ1) is 14.5. The molecular weight excluding hydrogens is 389 g/mol. The third-order valence-corrected chi connectivity index (χ3v) is 5.24. The van der Waals surface area contributed by atoms with Crippen molar-refractivity contribution in [3.8, 4) is 0 Å². The number of fused-ring (bicyclic) bond motifs is 1. The molecule has 1 amide bonds. The molecule has 0 aliphatic carbocycles. The van der Waals surface area contributed by atoms with Crippen molar-refractivity contribution in [3.63, 3.8) is 0 Å². The summed E-state index contributed by atoms with van der Waals surface area (Å²) >= 11 is 0. The van der Waals surface area contributed by atoms with Crippen LogP contribution in [0.1, 0.15) is 24.2 Å². The number of carbonyl (C=O) groups is 1. The van der Waals surface area contributed by atoms with Gasteiger partial charge in [-0.2, -0.15) is 5.10 Å². The van der Waals surface area contributed by atoms with Crippen LogP contribution in [0.5, 0.6) is 0 Å². The fourth-order valence-corrected chi connectivity index (χ4v) is 3.66. The Bertz CT molecular complexity index is 1160. The molecule has 0 saturated heterocycles. The number of aryl methyl sites for hydroxylation is 1. The molecule has 0 fully saturated rings. The average molecular weight is 411 g/mol. The first-order valence-electron chi connectivity index (χ1n) is 9.85. The molecule has 2 aromatic heterocycles. The van der Waals surface area contributed by atoms with E-state index in [1.165, 1.54) is 27.4 Å². The standard InChI is InChI=1S/C21H22FN5O3/c22-16-6-4-15(5-7-16)13-27-21(30)26-12-10-17(8-9-18(26)24-27)23-19(28)14-25-11-2-1-3-20(25)29/h1-7,11,17H,8-10,12-14H2,(H,23,28). The van der Waals surface area contributed by atoms with E-state index < -0.39 is 0 Å². The monoisotopic (exact) mass is 411 g/mol. The largest absolute Gasteiger partial charge is 0.352 e. The number of rotatable bonds is 5. The lowest BCUT2D eigenvalue weighted by Gasteiger charge is -2.16. The number of nitrogens with one attached hydrogen (secondary N) is 1. The number of benzene rings is 1. The number of hydrogen-bond acceptors (Lipinski definition) is 4. The van der Waals surface area contributed by atoms with Gasteiger partial charge in [0.05, 0.1) is 6.54 Å². The molecule has 9 heteroatoms. The molecule has 1 aliphatic rings. The topological polar surface area (TPSA) is 90.9 Å². The summed E-state index contributed by atoms with van der Waals surface area (Å²) in [5, 5.41) is 7.39. The molecule has 156 valence electrons. The minimum absolute atomic E-state index is 0.0365. The van der Waals surface area contributed by atoms with E-state index in [1.54, 1.807) is 35.0 Å². The van der Waals surface area contributed by atoms with Crippen LogP contribution in [0.25, 0.3) is 0 Å². The molecule has 0 radical (unpaired) electrons. The Morgan fingerprint density at radius 1 is 1.13 bits per heavy atom. The van der Waals surface area contributed by atoms with Crippen LogP contribution >= 0.6 is 0 Å². The van der Waals surface area contributed by atoms with Gasteiger partial charge in [-0.1, -0.05) is 18.2 Å². The number of pyridine rings is 1. The lowest BCUT2D eigenvalue weighted by atomic mass is 10.1. The highest BCUT2D eigenvalue weighted by molar-refractivity contribution is 5.76. The number of carbonyl (C=O) groups excluding carboxylic acids is 1. The van der Waals surface area contributed by atoms with Gasteiger partial charge in [0.15, 0.2) is 0 Å². The fourth-order valence-electron chi connectivity index (χ4n) is 3.66. The highest BCUT2D eigenvalue weighted by Crippen LogP contribution is 2.13. The molecule has 3 heterocycles. The number of hydrogen-bond donors (Lipinski definition) is 1. The van der Waals surface area contributed by atoms with Crippen molar-refractivity contribution >= 4 is 5.91 Å². The van der Waals surface area contributed by atoms with Crippen molar-refractivity contribution in [1.82, 2.24) is 24.2 Å². The quantitative estimate of drug-likeness (QED) is 0.676. The molecule has 30 heavy (non-hydrogen) atoms. The van der Waals surface area contributed by atoms with Crippen molar-refractivity contribution in [3.05, 3.63) is 86.7 Å². The zero-order valence-electron chi connectivity index (χ0n) is 16.3. The predicted molar refractivity (Wildman–Crippen MR) is 108 cm³/mol. The van der Waals surface area contributed by atoms with Gasteiger partial charge in [0.2, 0.25) is 5.91 Å². The maximum absolute atomic E-state index is 13.1. The minimum Gasteiger partial charge on any atom is -0.352 e. The summed E-state index contributed by atoms with van der Waals surface area (Å²) in [5.74, 6) is 0.122. The summed E-state index contributed by atoms with van der Waals surface area (Å²) in [6.07, 6.45) is 3.39. The Hall–Kier alpha value is -3.49. The lowest BCUT2D eigenvalue weighted by molar-refractivity contribution is -0.122. The van der Waals surface area contributed by atoms with Crippen LogP contribution in [0.2, 0.25) is 0 Å². The van der Waals surface area contributed by atoms with Crippen molar-refractivity contribution in [2.75, 3.05) is 0 Å². The zero-order chi connectivity index (χ0) is 21.1. The summed E-state index contributed by atoms with van der Waals surface area (Å²) in [5.41, 5.74) is 0.362. The van der Waals surface area contributed by atoms with Crippen molar-refractivity contribution in [2.24, 2.45) is 0 Å². The van der Waals surface area contributed by atoms with Crippen LogP contribution < -0.4 is 16.6 Å². The highest BCUT2D eigenvalue weighted by Gasteiger charge is 2.22. The van der Waals surface area contributed by atoms with E-state index in [0.717, 1.165) is 5.56 Å². The van der Waals surface area contributed by atoms with E-state index in [2.05, 4.69) is 10.4 Å². The van der Waals surface area contributed by atoms with Gasteiger partial charge in [0.25, 0.3) is 5.56 Å². The van der Waals surface area contributed by atoms with Crippen LogP contribution in [0.3, 0.4) is 0 Å². The third-order valence-electron chi connectivity index (χ3n) is 5.24. The molecule has 1 aromatic carbocycles. The average Bonchev–Trinajstić information content (AvgIpc) is 2.88. The second-order valence-electron chi connectivity index (χ2n) is 7.39. The highest BCUT2D eigenvalue weighted by atomic mass is 19.1. The first kappa shape index (κ1) is 19.8. The lowest BCUT2D eigenvalue weighted by Crippen LogP contribution is -2.39. The molecule has 1 aliphatic heterocycles. The maximum Gasteiger partial charge on any atom is 0.346 e. The summed E-state index contributed by atoms with van der Waals surface area (Å²) in [6, 6.07) is 10.6. The minimum atomic E-state index is -0.322. The van der Waals surface area contributed by atoms with E-state index >= 15 is 0 Å². The van der Waals surface area contributed by atoms with Gasteiger partial charge in [-0.3, -0.25) is 14.2 Å². The number of aromatic nitrogens is 4. The first-order valence-corrected chi connectivity index (χ1v) is 9.85. The van der Waals surface area contributed by atoms with Gasteiger partial charge in [0, 0.05) is 31.3 Å². The van der Waals surface area contributed by atoms with Gasteiger partial charge >= 0.3 is 5.69 Å². The summed E-state index contributed by atoms with van der Waals surface area (Å²) < 4.78 is 17.5.